The van der Waals surface area contributed by atoms with Gasteiger partial charge in [-0.3, -0.25) is 9.59 Å². The van der Waals surface area contributed by atoms with Crippen LogP contribution in [0.1, 0.15) is 84.9 Å². The van der Waals surface area contributed by atoms with Gasteiger partial charge in [0.15, 0.2) is 11.6 Å². The van der Waals surface area contributed by atoms with Crippen molar-refractivity contribution in [1.29, 1.82) is 10.5 Å². The predicted molar refractivity (Wildman–Crippen MR) is 220 cm³/mol. The fraction of sp³-hybridized carbons (Fsp3) is 0.273. The van der Waals surface area contributed by atoms with Crippen molar-refractivity contribution < 1.29 is 43.7 Å². The van der Waals surface area contributed by atoms with Gasteiger partial charge < -0.3 is 30.6 Å². The van der Waals surface area contributed by atoms with E-state index in [4.69, 9.17) is 15.1 Å². The Morgan fingerprint density at radius 2 is 1.18 bits per heavy atom. The number of hydrogen-bond donors (Lipinski definition) is 4. The Hall–Kier alpha value is -7.54. The summed E-state index contributed by atoms with van der Waals surface area (Å²) in [5.74, 6) is -2.79. The molecule has 4 aliphatic rings. The molecule has 4 N–H and O–H groups in total. The van der Waals surface area contributed by atoms with Gasteiger partial charge in [0.25, 0.3) is 11.8 Å². The molecule has 2 aromatic carbocycles. The van der Waals surface area contributed by atoms with Gasteiger partial charge in [-0.15, -0.1) is 0 Å². The summed E-state index contributed by atoms with van der Waals surface area (Å²) in [4.78, 5) is 35.2. The van der Waals surface area contributed by atoms with E-state index in [1.165, 1.54) is 78.6 Å². The molecule has 16 nitrogen and oxygen atoms in total. The summed E-state index contributed by atoms with van der Waals surface area (Å²) in [6.07, 6.45) is 1.15. The second kappa shape index (κ2) is 15.2. The standard InChI is InChI=1S/2C22H19FN6O2/c2*1-22(31)6-8-28(12-22)18-5-7-29(27-18)17-9-15(26-16-11-25-21(30)20(16)17)19-13(10-24)3-2-4-14(19)23/h2*2-5,7,9,31H,6,8,11-12H2,1H3,(H,25,30)/t22-;/m1./s1/i1D3,8D2,12D2;8D2,12D2. The molecule has 0 aliphatic carbocycles. The van der Waals surface area contributed by atoms with Crippen LogP contribution in [0.3, 0.4) is 0 Å². The number of β-amino-alcohol motifs (C(OH)–C–C–N with tert-alkyl or cyclic N) is 2. The highest BCUT2D eigenvalue weighted by molar-refractivity contribution is 6.02. The number of anilines is 2. The number of nitrogens with one attached hydrogen (secondary N) is 2. The molecular weight excluding hydrogens is 799 g/mol. The third kappa shape index (κ3) is 7.25. The number of carbonyl (C=O) groups is 2. The van der Waals surface area contributed by atoms with Crippen molar-refractivity contribution in [1.82, 2.24) is 40.2 Å². The Labute approximate surface area is 368 Å². The van der Waals surface area contributed by atoms with E-state index in [1.807, 2.05) is 12.1 Å². The molecule has 2 amide bonds. The third-order valence-corrected chi connectivity index (χ3v) is 10.0. The van der Waals surface area contributed by atoms with Gasteiger partial charge in [0.05, 0.1) is 109 Å². The summed E-state index contributed by atoms with van der Waals surface area (Å²) in [5, 5.41) is 54.0. The van der Waals surface area contributed by atoms with Crippen LogP contribution in [0.4, 0.5) is 20.4 Å². The second-order valence-electron chi connectivity index (χ2n) is 14.5. The maximum absolute atomic E-state index is 14.8. The van der Waals surface area contributed by atoms with Gasteiger partial charge in [-0.05, 0) is 63.0 Å². The van der Waals surface area contributed by atoms with Crippen LogP contribution in [0.15, 0.2) is 73.1 Å². The van der Waals surface area contributed by atoms with E-state index in [-0.39, 0.29) is 86.6 Å². The molecule has 0 radical (unpaired) electrons. The van der Waals surface area contributed by atoms with Crippen LogP contribution in [0, 0.1) is 34.3 Å². The minimum atomic E-state index is -3.25. The van der Waals surface area contributed by atoms with Crippen LogP contribution in [0.5, 0.6) is 0 Å². The number of halogens is 2. The van der Waals surface area contributed by atoms with Crippen molar-refractivity contribution in [2.24, 2.45) is 0 Å². The van der Waals surface area contributed by atoms with Crippen LogP contribution < -0.4 is 20.4 Å². The molecule has 0 saturated carbocycles. The first kappa shape index (κ1) is 28.8. The Balaban J connectivity index is 0.000000180. The number of aliphatic hydroxyl groups is 2. The zero-order valence-corrected chi connectivity index (χ0v) is 32.2. The second-order valence-corrected chi connectivity index (χ2v) is 14.5. The molecule has 312 valence electrons. The maximum atomic E-state index is 14.8. The van der Waals surface area contributed by atoms with Gasteiger partial charge in [-0.2, -0.15) is 20.7 Å². The highest BCUT2D eigenvalue weighted by Crippen LogP contribution is 2.35. The quantitative estimate of drug-likeness (QED) is 0.185. The van der Waals surface area contributed by atoms with Crippen molar-refractivity contribution in [3.05, 3.63) is 118 Å². The topological polar surface area (TPSA) is 214 Å². The van der Waals surface area contributed by atoms with E-state index < -0.39 is 80.3 Å². The first-order valence-corrected chi connectivity index (χ1v) is 18.7. The number of nitrogens with zero attached hydrogens (tertiary/aromatic N) is 10. The van der Waals surface area contributed by atoms with Gasteiger partial charge in [0, 0.05) is 60.1 Å². The zero-order chi connectivity index (χ0) is 53.2. The van der Waals surface area contributed by atoms with Crippen LogP contribution in [-0.2, 0) is 13.1 Å². The van der Waals surface area contributed by atoms with Crippen molar-refractivity contribution >= 4 is 23.5 Å². The van der Waals surface area contributed by atoms with E-state index in [0.29, 0.717) is 10.6 Å². The molecule has 10 rings (SSSR count). The molecule has 6 aromatic rings. The lowest BCUT2D eigenvalue weighted by Crippen LogP contribution is -2.29. The normalized spacial score (nSPS) is 26.0. The number of carbonyl (C=O) groups excluding carboxylic acids is 2. The van der Waals surface area contributed by atoms with E-state index in [0.717, 1.165) is 15.6 Å². The summed E-state index contributed by atoms with van der Waals surface area (Å²) in [7, 11) is 0. The lowest BCUT2D eigenvalue weighted by Gasteiger charge is -2.18. The number of amides is 2. The number of benzene rings is 2. The lowest BCUT2D eigenvalue weighted by molar-refractivity contribution is 0.0833. The van der Waals surface area contributed by atoms with Crippen LogP contribution in [0.2, 0.25) is 0 Å². The Morgan fingerprint density at radius 1 is 0.726 bits per heavy atom. The first-order chi connectivity index (χ1) is 34.0. The maximum Gasteiger partial charge on any atom is 0.255 e. The Bertz CT molecular complexity index is 3410. The molecule has 2 atom stereocenters. The zero-order valence-electron chi connectivity index (χ0n) is 43.2. The SMILES string of the molecule is [2H]C1([2H])CC(C)(O)C([2H])([2H])N1c1ccn(-c2cc(-c3c(F)cccc3C#N)nc3c2C(=O)NC3)n1.[2H]C1([2H])C[C@](O)(C([2H])([2H])[2H])C([2H])([2H])N1c1ccn(-c2cc(-c3c(F)cccc3C#N)nc3c2C(=O)NC3)n1. The number of nitriles is 2. The van der Waals surface area contributed by atoms with E-state index in [1.54, 1.807) is 0 Å². The van der Waals surface area contributed by atoms with Gasteiger partial charge in [0.1, 0.15) is 11.6 Å². The molecule has 0 spiro atoms. The summed E-state index contributed by atoms with van der Waals surface area (Å²) in [5.41, 5.74) is -3.83. The molecular formula is C44H38F2N12O4. The van der Waals surface area contributed by atoms with Gasteiger partial charge >= 0.3 is 0 Å². The van der Waals surface area contributed by atoms with Crippen molar-refractivity contribution in [2.45, 2.75) is 50.9 Å². The molecule has 4 aromatic heterocycles. The van der Waals surface area contributed by atoms with Crippen molar-refractivity contribution in [3.63, 3.8) is 0 Å². The average molecular weight is 848 g/mol. The molecule has 2 fully saturated rings. The largest absolute Gasteiger partial charge is 0.388 e. The fourth-order valence-electron chi connectivity index (χ4n) is 7.22. The predicted octanol–water partition coefficient (Wildman–Crippen LogP) is 4.30. The van der Waals surface area contributed by atoms with Gasteiger partial charge in [-0.25, -0.2) is 28.1 Å². The summed E-state index contributed by atoms with van der Waals surface area (Å²) in [6, 6.07) is 17.1. The third-order valence-electron chi connectivity index (χ3n) is 10.0. The number of fused-ring (bicyclic) bond motifs is 2. The van der Waals surface area contributed by atoms with Gasteiger partial charge in [-0.1, -0.05) is 12.1 Å². The number of hydrogen-bond acceptors (Lipinski definition) is 12. The highest BCUT2D eigenvalue weighted by atomic mass is 19.1. The highest BCUT2D eigenvalue weighted by Gasteiger charge is 2.35. The molecule has 1 unspecified atom stereocenters. The number of pyridine rings is 2. The minimum Gasteiger partial charge on any atom is -0.388 e. The van der Waals surface area contributed by atoms with E-state index in [2.05, 4.69) is 30.8 Å². The molecule has 4 aliphatic heterocycles. The fourth-order valence-corrected chi connectivity index (χ4v) is 7.22. The van der Waals surface area contributed by atoms with Crippen molar-refractivity contribution in [2.75, 3.05) is 35.8 Å². The summed E-state index contributed by atoms with van der Waals surface area (Å²) < 4.78 is 121. The van der Waals surface area contributed by atoms with E-state index in [9.17, 15) is 39.1 Å². The smallest absolute Gasteiger partial charge is 0.255 e. The number of rotatable bonds is 6. The monoisotopic (exact) mass is 847 g/mol. The van der Waals surface area contributed by atoms with Crippen LogP contribution in [0.25, 0.3) is 33.9 Å². The van der Waals surface area contributed by atoms with Crippen LogP contribution >= 0.6 is 0 Å². The van der Waals surface area contributed by atoms with Crippen molar-refractivity contribution in [3.8, 4) is 46.0 Å². The van der Waals surface area contributed by atoms with Crippen LogP contribution in [-0.4, -0.2) is 88.7 Å². The summed E-state index contributed by atoms with van der Waals surface area (Å²) >= 11 is 0. The van der Waals surface area contributed by atoms with E-state index >= 15 is 0 Å². The number of aromatic nitrogens is 6. The lowest BCUT2D eigenvalue weighted by atomic mass is 10.0. The Kier molecular flexibility index (Phi) is 7.06. The molecule has 8 heterocycles. The minimum absolute atomic E-state index is 0.00393. The molecule has 2 saturated heterocycles. The molecule has 62 heavy (non-hydrogen) atoms. The summed E-state index contributed by atoms with van der Waals surface area (Å²) in [6.45, 7) is -12.4. The van der Waals surface area contributed by atoms with Gasteiger partial charge in [0.2, 0.25) is 0 Å². The molecule has 18 heteroatoms. The average Bonchev–Trinajstić information content (AvgIpc) is 4.15. The first-order valence-electron chi connectivity index (χ1n) is 24.2. The molecule has 0 bridgehead atoms. The Morgan fingerprint density at radius 3 is 1.60 bits per heavy atom.